The zero-order chi connectivity index (χ0) is 13.8. The molecule has 1 saturated heterocycles. The molecule has 0 amide bonds. The number of aromatic nitrogens is 2. The van der Waals surface area contributed by atoms with Crippen LogP contribution in [0.1, 0.15) is 25.2 Å². The van der Waals surface area contributed by atoms with Crippen molar-refractivity contribution >= 4 is 11.3 Å². The van der Waals surface area contributed by atoms with Crippen molar-refractivity contribution in [2.45, 2.75) is 31.7 Å². The maximum absolute atomic E-state index is 5.98. The van der Waals surface area contributed by atoms with Gasteiger partial charge in [0.25, 0.3) is 0 Å². The van der Waals surface area contributed by atoms with Crippen molar-refractivity contribution in [2.75, 3.05) is 19.6 Å². The minimum absolute atomic E-state index is 0.345. The van der Waals surface area contributed by atoms with Gasteiger partial charge in [0.15, 0.2) is 0 Å². The number of likely N-dealkylation sites (tertiary alicyclic amines) is 1. The van der Waals surface area contributed by atoms with Crippen molar-refractivity contribution in [2.24, 2.45) is 5.73 Å². The second-order valence-corrected chi connectivity index (χ2v) is 6.24. The lowest BCUT2D eigenvalue weighted by Gasteiger charge is -2.30. The van der Waals surface area contributed by atoms with Gasteiger partial charge in [-0.15, -0.1) is 11.3 Å². The predicted octanol–water partition coefficient (Wildman–Crippen LogP) is 2.15. The molecule has 0 aliphatic carbocycles. The largest absolute Gasteiger partial charge is 0.339 e. The highest BCUT2D eigenvalue weighted by atomic mass is 32.1. The van der Waals surface area contributed by atoms with Gasteiger partial charge in [-0.2, -0.15) is 4.98 Å². The summed E-state index contributed by atoms with van der Waals surface area (Å²) >= 11 is 1.63. The van der Waals surface area contributed by atoms with E-state index in [1.807, 2.05) is 17.5 Å². The topological polar surface area (TPSA) is 68.2 Å². The minimum Gasteiger partial charge on any atom is -0.339 e. The minimum atomic E-state index is 0.345. The maximum Gasteiger partial charge on any atom is 0.227 e. The number of nitrogens with zero attached hydrogens (tertiary/aromatic N) is 3. The van der Waals surface area contributed by atoms with Crippen LogP contribution in [0.4, 0.5) is 0 Å². The van der Waals surface area contributed by atoms with E-state index in [0.29, 0.717) is 11.9 Å². The first-order valence-electron chi connectivity index (χ1n) is 7.15. The third kappa shape index (κ3) is 3.45. The summed E-state index contributed by atoms with van der Waals surface area (Å²) in [6, 6.07) is 4.35. The average Bonchev–Trinajstić information content (AvgIpc) is 3.09. The summed E-state index contributed by atoms with van der Waals surface area (Å²) in [7, 11) is 0. The van der Waals surface area contributed by atoms with E-state index in [0.717, 1.165) is 49.7 Å². The fourth-order valence-electron chi connectivity index (χ4n) is 2.61. The molecule has 20 heavy (non-hydrogen) atoms. The van der Waals surface area contributed by atoms with Gasteiger partial charge in [-0.1, -0.05) is 11.2 Å². The Kier molecular flexibility index (Phi) is 4.44. The van der Waals surface area contributed by atoms with Crippen LogP contribution in [0.25, 0.3) is 10.7 Å². The number of hydrogen-bond donors (Lipinski definition) is 1. The van der Waals surface area contributed by atoms with Crippen LogP contribution in [0.15, 0.2) is 22.0 Å². The van der Waals surface area contributed by atoms with Crippen molar-refractivity contribution in [3.63, 3.8) is 0 Å². The molecule has 0 saturated carbocycles. The van der Waals surface area contributed by atoms with Crippen LogP contribution in [-0.4, -0.2) is 40.7 Å². The van der Waals surface area contributed by atoms with Gasteiger partial charge in [-0.25, -0.2) is 0 Å². The zero-order valence-corrected chi connectivity index (χ0v) is 12.3. The monoisotopic (exact) mass is 292 g/mol. The van der Waals surface area contributed by atoms with Crippen LogP contribution in [0.3, 0.4) is 0 Å². The summed E-state index contributed by atoms with van der Waals surface area (Å²) in [6.45, 7) is 3.24. The Bertz CT molecular complexity index is 525. The van der Waals surface area contributed by atoms with Crippen LogP contribution in [0.2, 0.25) is 0 Å². The lowest BCUT2D eigenvalue weighted by atomic mass is 10.1. The van der Waals surface area contributed by atoms with Gasteiger partial charge < -0.3 is 15.2 Å². The molecule has 0 bridgehead atoms. The average molecular weight is 292 g/mol. The highest BCUT2D eigenvalue weighted by molar-refractivity contribution is 7.13. The Labute approximate surface area is 122 Å². The Morgan fingerprint density at radius 1 is 1.50 bits per heavy atom. The zero-order valence-electron chi connectivity index (χ0n) is 11.5. The van der Waals surface area contributed by atoms with Crippen LogP contribution in [0.5, 0.6) is 0 Å². The molecule has 1 aliphatic rings. The van der Waals surface area contributed by atoms with E-state index in [2.05, 4.69) is 15.0 Å². The fourth-order valence-corrected chi connectivity index (χ4v) is 3.26. The van der Waals surface area contributed by atoms with Gasteiger partial charge in [-0.05, 0) is 43.8 Å². The van der Waals surface area contributed by atoms with Crippen molar-refractivity contribution < 1.29 is 4.52 Å². The number of nitrogens with two attached hydrogens (primary N) is 1. The van der Waals surface area contributed by atoms with E-state index in [-0.39, 0.29) is 0 Å². The highest BCUT2D eigenvalue weighted by Crippen LogP contribution is 2.21. The van der Waals surface area contributed by atoms with Crippen LogP contribution in [-0.2, 0) is 6.42 Å². The molecule has 2 aromatic heterocycles. The molecule has 0 spiro atoms. The summed E-state index contributed by atoms with van der Waals surface area (Å²) < 4.78 is 5.30. The molecular formula is C14H20N4OS. The predicted molar refractivity (Wildman–Crippen MR) is 79.6 cm³/mol. The number of rotatable bonds is 5. The highest BCUT2D eigenvalue weighted by Gasteiger charge is 2.16. The van der Waals surface area contributed by atoms with Gasteiger partial charge in [0.05, 0.1) is 4.88 Å². The number of hydrogen-bond acceptors (Lipinski definition) is 6. The van der Waals surface area contributed by atoms with Gasteiger partial charge in [0.2, 0.25) is 11.7 Å². The summed E-state index contributed by atoms with van der Waals surface area (Å²) in [6.07, 6.45) is 4.25. The summed E-state index contributed by atoms with van der Waals surface area (Å²) in [4.78, 5) is 7.93. The van der Waals surface area contributed by atoms with Crippen LogP contribution in [0, 0.1) is 0 Å². The maximum atomic E-state index is 5.98. The Hall–Kier alpha value is -1.24. The molecule has 5 nitrogen and oxygen atoms in total. The van der Waals surface area contributed by atoms with Gasteiger partial charge in [-0.3, -0.25) is 0 Å². The van der Waals surface area contributed by atoms with Crippen molar-refractivity contribution in [1.29, 1.82) is 0 Å². The van der Waals surface area contributed by atoms with Crippen LogP contribution < -0.4 is 5.73 Å². The molecular weight excluding hydrogens is 272 g/mol. The lowest BCUT2D eigenvalue weighted by Crippen LogP contribution is -2.43. The fraction of sp³-hybridized carbons (Fsp3) is 0.571. The van der Waals surface area contributed by atoms with Crippen LogP contribution >= 0.6 is 11.3 Å². The smallest absolute Gasteiger partial charge is 0.227 e. The first kappa shape index (κ1) is 13.7. The SMILES string of the molecule is NC1CCCN(CCCc2nc(-c3cccs3)no2)C1. The summed E-state index contributed by atoms with van der Waals surface area (Å²) in [5.74, 6) is 1.43. The molecule has 2 aromatic rings. The Morgan fingerprint density at radius 3 is 3.25 bits per heavy atom. The van der Waals surface area contributed by atoms with Crippen molar-refractivity contribution in [3.8, 4) is 10.7 Å². The molecule has 2 N–H and O–H groups in total. The molecule has 1 aliphatic heterocycles. The van der Waals surface area contributed by atoms with E-state index in [1.54, 1.807) is 11.3 Å². The molecule has 1 fully saturated rings. The first-order chi connectivity index (χ1) is 9.81. The lowest BCUT2D eigenvalue weighted by molar-refractivity contribution is 0.205. The molecule has 1 atom stereocenters. The first-order valence-corrected chi connectivity index (χ1v) is 8.03. The van der Waals surface area contributed by atoms with Gasteiger partial charge >= 0.3 is 0 Å². The number of aryl methyl sites for hydroxylation is 1. The van der Waals surface area contributed by atoms with Crippen molar-refractivity contribution in [3.05, 3.63) is 23.4 Å². The van der Waals surface area contributed by atoms with E-state index in [4.69, 9.17) is 10.3 Å². The van der Waals surface area contributed by atoms with E-state index >= 15 is 0 Å². The molecule has 3 heterocycles. The Balaban J connectivity index is 1.47. The third-order valence-electron chi connectivity index (χ3n) is 3.62. The number of thiophene rings is 1. The summed E-state index contributed by atoms with van der Waals surface area (Å²) in [5, 5.41) is 6.05. The second-order valence-electron chi connectivity index (χ2n) is 5.30. The summed E-state index contributed by atoms with van der Waals surface area (Å²) in [5.41, 5.74) is 5.98. The standard InChI is InChI=1S/C14H20N4OS/c15-11-4-1-7-18(10-11)8-2-6-13-16-14(17-19-13)12-5-3-9-20-12/h3,5,9,11H,1-2,4,6-8,10,15H2. The van der Waals surface area contributed by atoms with E-state index in [1.165, 1.54) is 6.42 Å². The molecule has 6 heteroatoms. The molecule has 0 aromatic carbocycles. The van der Waals surface area contributed by atoms with Crippen molar-refractivity contribution in [1.82, 2.24) is 15.0 Å². The molecule has 0 radical (unpaired) electrons. The number of piperidine rings is 1. The Morgan fingerprint density at radius 2 is 2.45 bits per heavy atom. The normalized spacial score (nSPS) is 20.4. The molecule has 3 rings (SSSR count). The molecule has 1 unspecified atom stereocenters. The molecule has 108 valence electrons. The quantitative estimate of drug-likeness (QED) is 0.914. The van der Waals surface area contributed by atoms with Gasteiger partial charge in [0, 0.05) is 19.0 Å². The second kappa shape index (κ2) is 6.47. The van der Waals surface area contributed by atoms with E-state index < -0.39 is 0 Å². The van der Waals surface area contributed by atoms with Gasteiger partial charge in [0.1, 0.15) is 0 Å². The van der Waals surface area contributed by atoms with E-state index in [9.17, 15) is 0 Å². The third-order valence-corrected chi connectivity index (χ3v) is 4.48.